The molecule has 3 rings (SSSR count). The Morgan fingerprint density at radius 2 is 1.90 bits per heavy atom. The summed E-state index contributed by atoms with van der Waals surface area (Å²) < 4.78 is 5.30. The number of hydrogen-bond acceptors (Lipinski definition) is 4. The number of hydrogen-bond donors (Lipinski definition) is 2. The molecule has 1 aliphatic rings. The van der Waals surface area contributed by atoms with Crippen molar-refractivity contribution in [3.8, 4) is 11.8 Å². The number of nitriles is 1. The van der Waals surface area contributed by atoms with Crippen LogP contribution in [-0.4, -0.2) is 44.7 Å². The highest BCUT2D eigenvalue weighted by atomic mass is 127. The zero-order valence-corrected chi connectivity index (χ0v) is 19.9. The van der Waals surface area contributed by atoms with E-state index in [1.807, 2.05) is 36.4 Å². The number of guanidine groups is 1. The fourth-order valence-corrected chi connectivity index (χ4v) is 3.69. The van der Waals surface area contributed by atoms with Crippen LogP contribution in [-0.2, 0) is 6.54 Å². The highest BCUT2D eigenvalue weighted by Gasteiger charge is 2.23. The molecule has 6 nitrogen and oxygen atoms in total. The van der Waals surface area contributed by atoms with Gasteiger partial charge in [-0.3, -0.25) is 9.89 Å². The Balaban J connectivity index is 0.00000320. The fraction of sp³-hybridized carbons (Fsp3) is 0.391. The van der Waals surface area contributed by atoms with Crippen LogP contribution in [0.4, 0.5) is 0 Å². The van der Waals surface area contributed by atoms with Crippen molar-refractivity contribution in [3.05, 3.63) is 65.2 Å². The molecule has 160 valence electrons. The Morgan fingerprint density at radius 3 is 2.53 bits per heavy atom. The lowest BCUT2D eigenvalue weighted by molar-refractivity contribution is 0.245. The maximum absolute atomic E-state index is 9.06. The Bertz CT molecular complexity index is 857. The molecule has 30 heavy (non-hydrogen) atoms. The highest BCUT2D eigenvalue weighted by Crippen LogP contribution is 2.26. The van der Waals surface area contributed by atoms with Crippen molar-refractivity contribution >= 4 is 29.9 Å². The molecule has 1 unspecified atom stereocenters. The first kappa shape index (κ1) is 24.0. The van der Waals surface area contributed by atoms with E-state index in [0.29, 0.717) is 12.1 Å². The second kappa shape index (κ2) is 12.4. The van der Waals surface area contributed by atoms with Gasteiger partial charge in [0.2, 0.25) is 0 Å². The summed E-state index contributed by atoms with van der Waals surface area (Å²) in [5.74, 6) is 1.63. The third-order valence-electron chi connectivity index (χ3n) is 5.28. The molecule has 0 bridgehead atoms. The molecule has 0 saturated carbocycles. The first-order valence-electron chi connectivity index (χ1n) is 10.0. The van der Waals surface area contributed by atoms with Crippen LogP contribution in [0.3, 0.4) is 0 Å². The van der Waals surface area contributed by atoms with Crippen LogP contribution in [0, 0.1) is 11.3 Å². The van der Waals surface area contributed by atoms with E-state index in [1.165, 1.54) is 18.4 Å². The topological polar surface area (TPSA) is 72.7 Å². The normalized spacial score (nSPS) is 15.0. The summed E-state index contributed by atoms with van der Waals surface area (Å²) in [5, 5.41) is 15.9. The Hall–Kier alpha value is -2.31. The van der Waals surface area contributed by atoms with Crippen molar-refractivity contribution < 1.29 is 4.74 Å². The van der Waals surface area contributed by atoms with E-state index < -0.39 is 0 Å². The summed E-state index contributed by atoms with van der Waals surface area (Å²) in [6.45, 7) is 3.62. The summed E-state index contributed by atoms with van der Waals surface area (Å²) in [5.41, 5.74) is 3.00. The molecule has 0 radical (unpaired) electrons. The molecule has 1 atom stereocenters. The van der Waals surface area contributed by atoms with Gasteiger partial charge in [0, 0.05) is 20.1 Å². The van der Waals surface area contributed by atoms with Crippen LogP contribution in [0.1, 0.15) is 35.6 Å². The number of nitrogens with zero attached hydrogens (tertiary/aromatic N) is 3. The molecular weight excluding hydrogens is 489 g/mol. The number of rotatable bonds is 7. The van der Waals surface area contributed by atoms with Gasteiger partial charge in [-0.2, -0.15) is 5.26 Å². The second-order valence-electron chi connectivity index (χ2n) is 7.15. The molecule has 2 N–H and O–H groups in total. The van der Waals surface area contributed by atoms with E-state index in [0.717, 1.165) is 36.9 Å². The van der Waals surface area contributed by atoms with Crippen LogP contribution in [0.25, 0.3) is 0 Å². The van der Waals surface area contributed by atoms with Gasteiger partial charge in [0.05, 0.1) is 24.8 Å². The quantitative estimate of drug-likeness (QED) is 0.332. The molecule has 1 heterocycles. The van der Waals surface area contributed by atoms with Crippen LogP contribution < -0.4 is 15.4 Å². The molecule has 0 aromatic heterocycles. The van der Waals surface area contributed by atoms with Gasteiger partial charge in [0.25, 0.3) is 0 Å². The van der Waals surface area contributed by atoms with Gasteiger partial charge < -0.3 is 15.4 Å². The van der Waals surface area contributed by atoms with Gasteiger partial charge in [0.15, 0.2) is 5.96 Å². The predicted molar refractivity (Wildman–Crippen MR) is 131 cm³/mol. The molecule has 2 aromatic carbocycles. The van der Waals surface area contributed by atoms with E-state index >= 15 is 0 Å². The van der Waals surface area contributed by atoms with E-state index in [1.54, 1.807) is 14.2 Å². The molecule has 1 fully saturated rings. The summed E-state index contributed by atoms with van der Waals surface area (Å²) in [6.07, 6.45) is 2.49. The van der Waals surface area contributed by atoms with Gasteiger partial charge in [0.1, 0.15) is 5.75 Å². The fourth-order valence-electron chi connectivity index (χ4n) is 3.69. The van der Waals surface area contributed by atoms with Crippen molar-refractivity contribution in [1.82, 2.24) is 15.5 Å². The minimum Gasteiger partial charge on any atom is -0.497 e. The smallest absolute Gasteiger partial charge is 0.191 e. The highest BCUT2D eigenvalue weighted by molar-refractivity contribution is 14.0. The lowest BCUT2D eigenvalue weighted by Crippen LogP contribution is -2.42. The van der Waals surface area contributed by atoms with Crippen molar-refractivity contribution in [3.63, 3.8) is 0 Å². The number of benzene rings is 2. The summed E-state index contributed by atoms with van der Waals surface area (Å²) in [4.78, 5) is 6.88. The third kappa shape index (κ3) is 6.61. The number of aliphatic imine (C=N–C) groups is 1. The molecule has 1 aliphatic heterocycles. The van der Waals surface area contributed by atoms with Gasteiger partial charge >= 0.3 is 0 Å². The molecule has 0 amide bonds. The maximum Gasteiger partial charge on any atom is 0.191 e. The first-order valence-corrected chi connectivity index (χ1v) is 10.0. The van der Waals surface area contributed by atoms with Crippen LogP contribution in [0.2, 0.25) is 0 Å². The van der Waals surface area contributed by atoms with Crippen LogP contribution in [0.15, 0.2) is 53.5 Å². The molecule has 0 spiro atoms. The average molecular weight is 519 g/mol. The Kier molecular flexibility index (Phi) is 9.91. The number of likely N-dealkylation sites (tertiary alicyclic amines) is 1. The standard InChI is InChI=1S/C23H29N5O.HI/c1-25-23(26-16-19-7-5-6-18(14-19)15-24)27-17-22(28-12-3-4-13-28)20-8-10-21(29-2)11-9-20;/h5-11,14,22H,3-4,12-13,16-17H2,1-2H3,(H2,25,26,27);1H. The van der Waals surface area contributed by atoms with E-state index in [2.05, 4.69) is 38.7 Å². The molecule has 7 heteroatoms. The second-order valence-corrected chi connectivity index (χ2v) is 7.15. The minimum atomic E-state index is 0. The van der Waals surface area contributed by atoms with Crippen LogP contribution in [0.5, 0.6) is 5.75 Å². The molecule has 2 aromatic rings. The van der Waals surface area contributed by atoms with E-state index in [9.17, 15) is 0 Å². The third-order valence-corrected chi connectivity index (χ3v) is 5.28. The molecular formula is C23H30IN5O. The monoisotopic (exact) mass is 519 g/mol. The lowest BCUT2D eigenvalue weighted by atomic mass is 10.1. The summed E-state index contributed by atoms with van der Waals surface area (Å²) in [6, 6.07) is 18.4. The summed E-state index contributed by atoms with van der Waals surface area (Å²) in [7, 11) is 3.47. The Morgan fingerprint density at radius 1 is 1.17 bits per heavy atom. The first-order chi connectivity index (χ1) is 14.2. The van der Waals surface area contributed by atoms with Gasteiger partial charge in [-0.25, -0.2) is 0 Å². The number of nitrogens with one attached hydrogen (secondary N) is 2. The average Bonchev–Trinajstić information content (AvgIpc) is 3.31. The van der Waals surface area contributed by atoms with Crippen LogP contribution >= 0.6 is 24.0 Å². The lowest BCUT2D eigenvalue weighted by Gasteiger charge is -2.29. The maximum atomic E-state index is 9.06. The largest absolute Gasteiger partial charge is 0.497 e. The molecule has 1 saturated heterocycles. The van der Waals surface area contributed by atoms with Gasteiger partial charge in [-0.15, -0.1) is 24.0 Å². The van der Waals surface area contributed by atoms with Crippen molar-refractivity contribution in [1.29, 1.82) is 5.26 Å². The number of methoxy groups -OCH3 is 1. The van der Waals surface area contributed by atoms with Crippen molar-refractivity contribution in [2.45, 2.75) is 25.4 Å². The molecule has 0 aliphatic carbocycles. The van der Waals surface area contributed by atoms with Crippen molar-refractivity contribution in [2.75, 3.05) is 33.8 Å². The van der Waals surface area contributed by atoms with E-state index in [-0.39, 0.29) is 30.0 Å². The predicted octanol–water partition coefficient (Wildman–Crippen LogP) is 3.69. The zero-order chi connectivity index (χ0) is 20.5. The van der Waals surface area contributed by atoms with E-state index in [4.69, 9.17) is 10.00 Å². The Labute approximate surface area is 196 Å². The number of ether oxygens (including phenoxy) is 1. The van der Waals surface area contributed by atoms with Gasteiger partial charge in [-0.05, 0) is 61.3 Å². The number of halogens is 1. The summed E-state index contributed by atoms with van der Waals surface area (Å²) >= 11 is 0. The SMILES string of the molecule is CN=C(NCc1cccc(C#N)c1)NCC(c1ccc(OC)cc1)N1CCCC1.I. The van der Waals surface area contributed by atoms with Crippen molar-refractivity contribution in [2.24, 2.45) is 4.99 Å². The minimum absolute atomic E-state index is 0. The van der Waals surface area contributed by atoms with Gasteiger partial charge in [-0.1, -0.05) is 24.3 Å². The zero-order valence-electron chi connectivity index (χ0n) is 17.6.